The summed E-state index contributed by atoms with van der Waals surface area (Å²) in [7, 11) is 2.91. The third-order valence-electron chi connectivity index (χ3n) is 4.19. The number of benzene rings is 1. The van der Waals surface area contributed by atoms with Crippen LogP contribution in [-0.4, -0.2) is 31.4 Å². The van der Waals surface area contributed by atoms with E-state index in [0.717, 1.165) is 30.4 Å². The van der Waals surface area contributed by atoms with E-state index in [2.05, 4.69) is 10.5 Å². The van der Waals surface area contributed by atoms with E-state index in [4.69, 9.17) is 9.47 Å². The Balaban J connectivity index is 1.73. The summed E-state index contributed by atoms with van der Waals surface area (Å²) in [6.45, 7) is 0. The number of aromatic hydroxyl groups is 1. The van der Waals surface area contributed by atoms with Crippen molar-refractivity contribution in [2.45, 2.75) is 25.7 Å². The van der Waals surface area contributed by atoms with Crippen molar-refractivity contribution in [1.29, 1.82) is 0 Å². The summed E-state index contributed by atoms with van der Waals surface area (Å²) in [5.74, 6) is 0.280. The summed E-state index contributed by atoms with van der Waals surface area (Å²) in [6.07, 6.45) is 5.82. The SMILES string of the molecule is COc1cc(C=NNC(=O)c2csc3c2CCCC3)cc(OC)c1O. The molecule has 0 fully saturated rings. The molecule has 1 aromatic heterocycles. The highest BCUT2D eigenvalue weighted by Gasteiger charge is 2.19. The number of hydrogen-bond donors (Lipinski definition) is 2. The zero-order chi connectivity index (χ0) is 17.8. The molecule has 0 spiro atoms. The van der Waals surface area contributed by atoms with Gasteiger partial charge in [-0.25, -0.2) is 5.43 Å². The van der Waals surface area contributed by atoms with Gasteiger partial charge in [0.25, 0.3) is 5.91 Å². The zero-order valence-electron chi connectivity index (χ0n) is 14.2. The van der Waals surface area contributed by atoms with E-state index in [-0.39, 0.29) is 23.2 Å². The van der Waals surface area contributed by atoms with Crippen LogP contribution in [0.15, 0.2) is 22.6 Å². The van der Waals surface area contributed by atoms with Gasteiger partial charge in [-0.05, 0) is 43.4 Å². The van der Waals surface area contributed by atoms with E-state index < -0.39 is 0 Å². The monoisotopic (exact) mass is 360 g/mol. The van der Waals surface area contributed by atoms with E-state index in [0.29, 0.717) is 5.56 Å². The predicted octanol–water partition coefficient (Wildman–Crippen LogP) is 3.11. The molecule has 2 aromatic rings. The molecule has 0 radical (unpaired) electrons. The number of hydrazone groups is 1. The molecule has 0 saturated heterocycles. The van der Waals surface area contributed by atoms with Gasteiger partial charge in [0.05, 0.1) is 26.0 Å². The molecule has 0 bridgehead atoms. The summed E-state index contributed by atoms with van der Waals surface area (Å²) in [6, 6.07) is 3.22. The second-order valence-corrected chi connectivity index (χ2v) is 6.70. The minimum Gasteiger partial charge on any atom is -0.502 e. The lowest BCUT2D eigenvalue weighted by Gasteiger charge is -2.11. The summed E-state index contributed by atoms with van der Waals surface area (Å²) in [4.78, 5) is 13.7. The van der Waals surface area contributed by atoms with Crippen LogP contribution in [0.3, 0.4) is 0 Å². The number of phenols is 1. The Morgan fingerprint density at radius 2 is 1.92 bits per heavy atom. The first-order valence-electron chi connectivity index (χ1n) is 8.01. The van der Waals surface area contributed by atoms with Crippen molar-refractivity contribution in [3.8, 4) is 17.2 Å². The molecule has 1 aliphatic carbocycles. The van der Waals surface area contributed by atoms with Crippen molar-refractivity contribution in [3.63, 3.8) is 0 Å². The van der Waals surface area contributed by atoms with Crippen LogP contribution in [0.25, 0.3) is 0 Å². The molecule has 0 atom stereocenters. The molecule has 1 aromatic carbocycles. The molecular formula is C18H20N2O4S. The van der Waals surface area contributed by atoms with Gasteiger partial charge in [0, 0.05) is 15.8 Å². The Labute approximate surface area is 150 Å². The van der Waals surface area contributed by atoms with Crippen molar-refractivity contribution < 1.29 is 19.4 Å². The number of thiophene rings is 1. The summed E-state index contributed by atoms with van der Waals surface area (Å²) >= 11 is 1.65. The van der Waals surface area contributed by atoms with Crippen LogP contribution in [0.2, 0.25) is 0 Å². The van der Waals surface area contributed by atoms with Gasteiger partial charge in [0.2, 0.25) is 5.75 Å². The zero-order valence-corrected chi connectivity index (χ0v) is 15.0. The third kappa shape index (κ3) is 3.61. The lowest BCUT2D eigenvalue weighted by molar-refractivity contribution is 0.0954. The first-order chi connectivity index (χ1) is 12.1. The first kappa shape index (κ1) is 17.3. The maximum absolute atomic E-state index is 12.4. The maximum Gasteiger partial charge on any atom is 0.272 e. The molecule has 3 rings (SSSR count). The Bertz CT molecular complexity index is 788. The van der Waals surface area contributed by atoms with Crippen molar-refractivity contribution in [2.75, 3.05) is 14.2 Å². The van der Waals surface area contributed by atoms with Crippen LogP contribution in [0, 0.1) is 0 Å². The first-order valence-corrected chi connectivity index (χ1v) is 8.89. The van der Waals surface area contributed by atoms with E-state index in [9.17, 15) is 9.90 Å². The number of phenolic OH excluding ortho intramolecular Hbond substituents is 1. The van der Waals surface area contributed by atoms with Crippen molar-refractivity contribution in [2.24, 2.45) is 5.10 Å². The van der Waals surface area contributed by atoms with Crippen molar-refractivity contribution >= 4 is 23.5 Å². The fourth-order valence-electron chi connectivity index (χ4n) is 2.90. The number of nitrogens with zero attached hydrogens (tertiary/aromatic N) is 1. The van der Waals surface area contributed by atoms with Crippen molar-refractivity contribution in [3.05, 3.63) is 39.1 Å². The molecule has 6 nitrogen and oxygen atoms in total. The number of rotatable bonds is 5. The second-order valence-electron chi connectivity index (χ2n) is 5.73. The summed E-state index contributed by atoms with van der Waals surface area (Å²) < 4.78 is 10.2. The molecule has 25 heavy (non-hydrogen) atoms. The normalized spacial score (nSPS) is 13.5. The number of hydrogen-bond acceptors (Lipinski definition) is 6. The highest BCUT2D eigenvalue weighted by atomic mass is 32.1. The Hall–Kier alpha value is -2.54. The number of fused-ring (bicyclic) bond motifs is 1. The summed E-state index contributed by atoms with van der Waals surface area (Å²) in [5.41, 5.74) is 5.09. The molecular weight excluding hydrogens is 340 g/mol. The van der Waals surface area contributed by atoms with Crippen LogP contribution in [0.4, 0.5) is 0 Å². The van der Waals surface area contributed by atoms with Gasteiger partial charge in [-0.15, -0.1) is 11.3 Å². The van der Waals surface area contributed by atoms with E-state index in [1.807, 2.05) is 5.38 Å². The lowest BCUT2D eigenvalue weighted by Crippen LogP contribution is -2.19. The van der Waals surface area contributed by atoms with Gasteiger partial charge in [0.15, 0.2) is 11.5 Å². The van der Waals surface area contributed by atoms with E-state index in [1.54, 1.807) is 23.5 Å². The van der Waals surface area contributed by atoms with Gasteiger partial charge in [-0.3, -0.25) is 4.79 Å². The minimum atomic E-state index is -0.201. The highest BCUT2D eigenvalue weighted by Crippen LogP contribution is 2.36. The third-order valence-corrected chi connectivity index (χ3v) is 5.28. The smallest absolute Gasteiger partial charge is 0.272 e. The van der Waals surface area contributed by atoms with Crippen LogP contribution >= 0.6 is 11.3 Å². The Kier molecular flexibility index (Phi) is 5.23. The van der Waals surface area contributed by atoms with Gasteiger partial charge < -0.3 is 14.6 Å². The molecule has 132 valence electrons. The highest BCUT2D eigenvalue weighted by molar-refractivity contribution is 7.10. The van der Waals surface area contributed by atoms with E-state index >= 15 is 0 Å². The quantitative estimate of drug-likeness (QED) is 0.634. The number of amides is 1. The average Bonchev–Trinajstić information content (AvgIpc) is 3.07. The Morgan fingerprint density at radius 3 is 2.60 bits per heavy atom. The van der Waals surface area contributed by atoms with Gasteiger partial charge >= 0.3 is 0 Å². The number of methoxy groups -OCH3 is 2. The van der Waals surface area contributed by atoms with Crippen LogP contribution in [-0.2, 0) is 12.8 Å². The maximum atomic E-state index is 12.4. The lowest BCUT2D eigenvalue weighted by atomic mass is 9.96. The van der Waals surface area contributed by atoms with Crippen LogP contribution in [0.1, 0.15) is 39.2 Å². The van der Waals surface area contributed by atoms with Crippen LogP contribution in [0.5, 0.6) is 17.2 Å². The molecule has 1 heterocycles. The molecule has 1 amide bonds. The Morgan fingerprint density at radius 1 is 1.24 bits per heavy atom. The van der Waals surface area contributed by atoms with Gasteiger partial charge in [-0.1, -0.05) is 0 Å². The number of carbonyl (C=O) groups is 1. The average molecular weight is 360 g/mol. The molecule has 0 saturated carbocycles. The fraction of sp³-hybridized carbons (Fsp3) is 0.333. The number of aryl methyl sites for hydroxylation is 1. The standard InChI is InChI=1S/C18H20N2O4S/c1-23-14-7-11(8-15(24-2)17(14)21)9-19-20-18(22)13-10-25-16-6-4-3-5-12(13)16/h7-10,21H,3-6H2,1-2H3,(H,20,22). The summed E-state index contributed by atoms with van der Waals surface area (Å²) in [5, 5.41) is 15.8. The van der Waals surface area contributed by atoms with Crippen LogP contribution < -0.4 is 14.9 Å². The predicted molar refractivity (Wildman–Crippen MR) is 97.2 cm³/mol. The topological polar surface area (TPSA) is 80.2 Å². The molecule has 0 unspecified atom stereocenters. The minimum absolute atomic E-state index is 0.0731. The van der Waals surface area contributed by atoms with E-state index in [1.165, 1.54) is 31.7 Å². The van der Waals surface area contributed by atoms with Gasteiger partial charge in [0.1, 0.15) is 0 Å². The fourth-order valence-corrected chi connectivity index (χ4v) is 4.02. The molecule has 0 aliphatic heterocycles. The second kappa shape index (κ2) is 7.57. The number of carbonyl (C=O) groups excluding carboxylic acids is 1. The van der Waals surface area contributed by atoms with Gasteiger partial charge in [-0.2, -0.15) is 5.10 Å². The largest absolute Gasteiger partial charge is 0.502 e. The number of ether oxygens (including phenoxy) is 2. The molecule has 7 heteroatoms. The molecule has 1 aliphatic rings. The van der Waals surface area contributed by atoms with Crippen molar-refractivity contribution in [1.82, 2.24) is 5.43 Å². The number of nitrogens with one attached hydrogen (secondary N) is 1. The molecule has 2 N–H and O–H groups in total.